The van der Waals surface area contributed by atoms with Crippen LogP contribution >= 0.6 is 0 Å². The van der Waals surface area contributed by atoms with E-state index in [-0.39, 0.29) is 0 Å². The summed E-state index contributed by atoms with van der Waals surface area (Å²) in [5.74, 6) is 1.86. The van der Waals surface area contributed by atoms with Crippen molar-refractivity contribution in [3.05, 3.63) is 24.4 Å². The molecule has 0 bridgehead atoms. The highest BCUT2D eigenvalue weighted by Crippen LogP contribution is 2.17. The van der Waals surface area contributed by atoms with Crippen molar-refractivity contribution in [2.24, 2.45) is 5.92 Å². The van der Waals surface area contributed by atoms with E-state index >= 15 is 0 Å². The molecule has 2 rings (SSSR count). The average molecular weight is 233 g/mol. The van der Waals surface area contributed by atoms with Crippen LogP contribution in [0.3, 0.4) is 0 Å². The van der Waals surface area contributed by atoms with Crippen LogP contribution in [-0.2, 0) is 0 Å². The molecule has 0 amide bonds. The molecular weight excluding hydrogens is 210 g/mol. The summed E-state index contributed by atoms with van der Waals surface area (Å²) in [6.45, 7) is 7.89. The summed E-state index contributed by atoms with van der Waals surface area (Å²) >= 11 is 0. The van der Waals surface area contributed by atoms with Crippen LogP contribution in [0.5, 0.6) is 0 Å². The van der Waals surface area contributed by atoms with Crippen LogP contribution in [0.1, 0.15) is 26.7 Å². The summed E-state index contributed by atoms with van der Waals surface area (Å²) in [5, 5.41) is 3.65. The minimum Gasteiger partial charge on any atom is -0.357 e. The molecule has 0 saturated carbocycles. The van der Waals surface area contributed by atoms with Crippen molar-refractivity contribution in [2.45, 2.75) is 32.7 Å². The number of nitrogens with zero attached hydrogens (tertiary/aromatic N) is 2. The third-order valence-electron chi connectivity index (χ3n) is 3.28. The molecule has 1 saturated heterocycles. The number of hydrogen-bond donors (Lipinski definition) is 1. The van der Waals surface area contributed by atoms with E-state index in [4.69, 9.17) is 0 Å². The second-order valence-corrected chi connectivity index (χ2v) is 5.25. The minimum absolute atomic E-state index is 0.692. The highest BCUT2D eigenvalue weighted by Gasteiger charge is 2.19. The molecule has 1 aromatic heterocycles. The Labute approximate surface area is 104 Å². The third-order valence-corrected chi connectivity index (χ3v) is 3.28. The molecule has 1 aliphatic heterocycles. The van der Waals surface area contributed by atoms with E-state index in [1.54, 1.807) is 0 Å². The molecule has 1 aliphatic rings. The van der Waals surface area contributed by atoms with Gasteiger partial charge < -0.3 is 10.2 Å². The Hall–Kier alpha value is -1.09. The highest BCUT2D eigenvalue weighted by molar-refractivity contribution is 5.38. The quantitative estimate of drug-likeness (QED) is 0.865. The van der Waals surface area contributed by atoms with Crippen molar-refractivity contribution in [3.63, 3.8) is 0 Å². The Bertz CT molecular complexity index is 315. The molecule has 1 aromatic rings. The predicted octanol–water partition coefficient (Wildman–Crippen LogP) is 2.30. The first-order chi connectivity index (χ1) is 8.25. The SMILES string of the molecule is CC(C)CNC1CCN(c2ccccn2)CC1. The van der Waals surface area contributed by atoms with E-state index in [1.165, 1.54) is 12.8 Å². The summed E-state index contributed by atoms with van der Waals surface area (Å²) in [5.41, 5.74) is 0. The largest absolute Gasteiger partial charge is 0.357 e. The Morgan fingerprint density at radius 3 is 2.71 bits per heavy atom. The molecule has 0 unspecified atom stereocenters. The van der Waals surface area contributed by atoms with Gasteiger partial charge in [-0.3, -0.25) is 0 Å². The first-order valence-electron chi connectivity index (χ1n) is 6.65. The van der Waals surface area contributed by atoms with Crippen molar-refractivity contribution < 1.29 is 0 Å². The molecule has 0 radical (unpaired) electrons. The molecule has 0 spiro atoms. The van der Waals surface area contributed by atoms with Gasteiger partial charge in [-0.15, -0.1) is 0 Å². The molecule has 2 heterocycles. The zero-order valence-electron chi connectivity index (χ0n) is 10.9. The van der Waals surface area contributed by atoms with Crippen LogP contribution in [0.25, 0.3) is 0 Å². The number of pyridine rings is 1. The second kappa shape index (κ2) is 6.01. The van der Waals surface area contributed by atoms with Crippen molar-refractivity contribution in [2.75, 3.05) is 24.5 Å². The number of aromatic nitrogens is 1. The van der Waals surface area contributed by atoms with Crippen LogP contribution in [0.2, 0.25) is 0 Å². The molecule has 1 N–H and O–H groups in total. The highest BCUT2D eigenvalue weighted by atomic mass is 15.2. The summed E-state index contributed by atoms with van der Waals surface area (Å²) < 4.78 is 0. The Morgan fingerprint density at radius 2 is 2.12 bits per heavy atom. The summed E-state index contributed by atoms with van der Waals surface area (Å²) in [4.78, 5) is 6.79. The zero-order valence-corrected chi connectivity index (χ0v) is 10.9. The maximum Gasteiger partial charge on any atom is 0.128 e. The van der Waals surface area contributed by atoms with E-state index in [2.05, 4.69) is 41.2 Å². The lowest BCUT2D eigenvalue weighted by molar-refractivity contribution is 0.391. The molecule has 3 nitrogen and oxygen atoms in total. The van der Waals surface area contributed by atoms with Gasteiger partial charge in [-0.1, -0.05) is 19.9 Å². The zero-order chi connectivity index (χ0) is 12.1. The number of nitrogens with one attached hydrogen (secondary N) is 1. The van der Waals surface area contributed by atoms with E-state index in [0.29, 0.717) is 6.04 Å². The Morgan fingerprint density at radius 1 is 1.35 bits per heavy atom. The van der Waals surface area contributed by atoms with Crippen LogP contribution in [-0.4, -0.2) is 30.7 Å². The number of hydrogen-bond acceptors (Lipinski definition) is 3. The normalized spacial score (nSPS) is 17.7. The fraction of sp³-hybridized carbons (Fsp3) is 0.643. The van der Waals surface area contributed by atoms with Gasteiger partial charge in [0.15, 0.2) is 0 Å². The van der Waals surface area contributed by atoms with Crippen molar-refractivity contribution in [3.8, 4) is 0 Å². The Kier molecular flexibility index (Phi) is 4.37. The first-order valence-corrected chi connectivity index (χ1v) is 6.65. The summed E-state index contributed by atoms with van der Waals surface area (Å²) in [6, 6.07) is 6.82. The molecule has 0 aromatic carbocycles. The van der Waals surface area contributed by atoms with Crippen LogP contribution in [0.15, 0.2) is 24.4 Å². The Balaban J connectivity index is 1.78. The lowest BCUT2D eigenvalue weighted by atomic mass is 10.0. The third kappa shape index (κ3) is 3.70. The second-order valence-electron chi connectivity index (χ2n) is 5.25. The van der Waals surface area contributed by atoms with Crippen LogP contribution in [0.4, 0.5) is 5.82 Å². The standard InChI is InChI=1S/C14H23N3/c1-12(2)11-16-13-6-9-17(10-7-13)14-5-3-4-8-15-14/h3-5,8,12-13,16H,6-7,9-11H2,1-2H3. The van der Waals surface area contributed by atoms with Crippen molar-refractivity contribution in [1.29, 1.82) is 0 Å². The average Bonchev–Trinajstić information content (AvgIpc) is 2.38. The molecule has 17 heavy (non-hydrogen) atoms. The number of anilines is 1. The van der Waals surface area contributed by atoms with Gasteiger partial charge in [0.05, 0.1) is 0 Å². The van der Waals surface area contributed by atoms with Gasteiger partial charge in [-0.05, 0) is 37.4 Å². The maximum atomic E-state index is 4.41. The van der Waals surface area contributed by atoms with Crippen molar-refractivity contribution in [1.82, 2.24) is 10.3 Å². The van der Waals surface area contributed by atoms with Gasteiger partial charge >= 0.3 is 0 Å². The molecular formula is C14H23N3. The fourth-order valence-electron chi connectivity index (χ4n) is 2.26. The molecule has 0 atom stereocenters. The summed E-state index contributed by atoms with van der Waals surface area (Å²) in [6.07, 6.45) is 4.32. The van der Waals surface area contributed by atoms with Gasteiger partial charge in [0.25, 0.3) is 0 Å². The van der Waals surface area contributed by atoms with Gasteiger partial charge in [-0.25, -0.2) is 4.98 Å². The van der Waals surface area contributed by atoms with E-state index in [0.717, 1.165) is 31.4 Å². The van der Waals surface area contributed by atoms with Gasteiger partial charge in [0, 0.05) is 25.3 Å². The van der Waals surface area contributed by atoms with Gasteiger partial charge in [0.1, 0.15) is 5.82 Å². The van der Waals surface area contributed by atoms with Crippen LogP contribution in [0, 0.1) is 5.92 Å². The van der Waals surface area contributed by atoms with Gasteiger partial charge in [-0.2, -0.15) is 0 Å². The fourth-order valence-corrected chi connectivity index (χ4v) is 2.26. The minimum atomic E-state index is 0.692. The smallest absolute Gasteiger partial charge is 0.128 e. The molecule has 1 fully saturated rings. The van der Waals surface area contributed by atoms with E-state index < -0.39 is 0 Å². The predicted molar refractivity (Wildman–Crippen MR) is 72.3 cm³/mol. The van der Waals surface area contributed by atoms with E-state index in [9.17, 15) is 0 Å². The summed E-state index contributed by atoms with van der Waals surface area (Å²) in [7, 11) is 0. The number of rotatable bonds is 4. The molecule has 0 aliphatic carbocycles. The topological polar surface area (TPSA) is 28.2 Å². The number of piperidine rings is 1. The van der Waals surface area contributed by atoms with Crippen molar-refractivity contribution >= 4 is 5.82 Å². The van der Waals surface area contributed by atoms with E-state index in [1.807, 2.05) is 12.3 Å². The lowest BCUT2D eigenvalue weighted by Crippen LogP contribution is -2.43. The monoisotopic (exact) mass is 233 g/mol. The maximum absolute atomic E-state index is 4.41. The molecule has 94 valence electrons. The lowest BCUT2D eigenvalue weighted by Gasteiger charge is -2.33. The van der Waals surface area contributed by atoms with Crippen LogP contribution < -0.4 is 10.2 Å². The first kappa shape index (κ1) is 12.4. The van der Waals surface area contributed by atoms with Gasteiger partial charge in [0.2, 0.25) is 0 Å². The molecule has 3 heteroatoms.